The minimum Gasteiger partial charge on any atom is -0.314 e. The van der Waals surface area contributed by atoms with E-state index in [2.05, 4.69) is 19.2 Å². The van der Waals surface area contributed by atoms with Crippen molar-refractivity contribution in [3.8, 4) is 0 Å². The van der Waals surface area contributed by atoms with Crippen molar-refractivity contribution in [1.82, 2.24) is 9.62 Å². The van der Waals surface area contributed by atoms with Crippen molar-refractivity contribution in [3.05, 3.63) is 0 Å². The molecule has 2 aliphatic rings. The molecule has 0 spiro atoms. The van der Waals surface area contributed by atoms with Crippen LogP contribution in [-0.2, 0) is 10.0 Å². The molecule has 1 aliphatic heterocycles. The van der Waals surface area contributed by atoms with Crippen LogP contribution in [0.2, 0.25) is 0 Å². The lowest BCUT2D eigenvalue weighted by Crippen LogP contribution is -2.52. The Morgan fingerprint density at radius 3 is 2.45 bits per heavy atom. The Kier molecular flexibility index (Phi) is 5.87. The molecule has 20 heavy (non-hydrogen) atoms. The van der Waals surface area contributed by atoms with Crippen LogP contribution in [0.15, 0.2) is 0 Å². The van der Waals surface area contributed by atoms with Gasteiger partial charge in [-0.2, -0.15) is 0 Å². The van der Waals surface area contributed by atoms with Gasteiger partial charge >= 0.3 is 0 Å². The highest BCUT2D eigenvalue weighted by Gasteiger charge is 2.38. The normalized spacial score (nSPS) is 29.9. The minimum atomic E-state index is -3.04. The van der Waals surface area contributed by atoms with Gasteiger partial charge in [0.15, 0.2) is 0 Å². The van der Waals surface area contributed by atoms with Crippen molar-refractivity contribution >= 4 is 10.0 Å². The molecule has 0 aromatic rings. The average molecular weight is 302 g/mol. The van der Waals surface area contributed by atoms with E-state index in [9.17, 15) is 8.42 Å². The van der Waals surface area contributed by atoms with Crippen LogP contribution in [0.4, 0.5) is 0 Å². The Labute approximate surface area is 124 Å². The van der Waals surface area contributed by atoms with Crippen LogP contribution < -0.4 is 5.32 Å². The highest BCUT2D eigenvalue weighted by atomic mass is 32.2. The van der Waals surface area contributed by atoms with E-state index in [0.29, 0.717) is 18.5 Å². The number of piperidine rings is 1. The van der Waals surface area contributed by atoms with Gasteiger partial charge in [-0.05, 0) is 38.1 Å². The van der Waals surface area contributed by atoms with Gasteiger partial charge in [0, 0.05) is 19.1 Å². The Morgan fingerprint density at radius 2 is 1.85 bits per heavy atom. The molecular weight excluding hydrogens is 272 g/mol. The van der Waals surface area contributed by atoms with Crippen LogP contribution >= 0.6 is 0 Å². The van der Waals surface area contributed by atoms with Crippen LogP contribution in [0.3, 0.4) is 0 Å². The van der Waals surface area contributed by atoms with Crippen molar-refractivity contribution < 1.29 is 8.42 Å². The zero-order chi connectivity index (χ0) is 14.6. The highest BCUT2D eigenvalue weighted by molar-refractivity contribution is 7.89. The van der Waals surface area contributed by atoms with Gasteiger partial charge in [0.2, 0.25) is 10.0 Å². The van der Waals surface area contributed by atoms with E-state index < -0.39 is 10.0 Å². The Bertz CT molecular complexity index is 391. The van der Waals surface area contributed by atoms with Crippen molar-refractivity contribution in [1.29, 1.82) is 0 Å². The summed E-state index contributed by atoms with van der Waals surface area (Å²) in [6.45, 7) is 6.81. The smallest absolute Gasteiger partial charge is 0.216 e. The van der Waals surface area contributed by atoms with Crippen molar-refractivity contribution in [2.45, 2.75) is 70.1 Å². The quantitative estimate of drug-likeness (QED) is 0.819. The molecule has 0 amide bonds. The molecule has 1 heterocycles. The van der Waals surface area contributed by atoms with Crippen LogP contribution in [-0.4, -0.2) is 43.6 Å². The first-order valence-corrected chi connectivity index (χ1v) is 9.82. The molecule has 0 bridgehead atoms. The molecule has 118 valence electrons. The molecule has 5 heteroatoms. The van der Waals surface area contributed by atoms with Crippen LogP contribution in [0.1, 0.15) is 58.8 Å². The third kappa shape index (κ3) is 3.55. The average Bonchev–Trinajstić information content (AvgIpc) is 2.99. The number of nitrogens with one attached hydrogen (secondary N) is 1. The number of hydrogen-bond donors (Lipinski definition) is 1. The van der Waals surface area contributed by atoms with Gasteiger partial charge in [0.25, 0.3) is 0 Å². The van der Waals surface area contributed by atoms with Gasteiger partial charge in [0.05, 0.1) is 5.25 Å². The molecule has 2 rings (SSSR count). The zero-order valence-electron chi connectivity index (χ0n) is 13.0. The lowest BCUT2D eigenvalue weighted by Gasteiger charge is -2.39. The summed E-state index contributed by atoms with van der Waals surface area (Å²) >= 11 is 0. The largest absolute Gasteiger partial charge is 0.314 e. The molecule has 2 unspecified atom stereocenters. The number of hydrogen-bond acceptors (Lipinski definition) is 3. The second-order valence-corrected chi connectivity index (χ2v) is 8.54. The molecular formula is C15H30N2O2S. The van der Waals surface area contributed by atoms with Crippen molar-refractivity contribution in [2.75, 3.05) is 19.6 Å². The van der Waals surface area contributed by atoms with Gasteiger partial charge in [-0.15, -0.1) is 0 Å². The first-order valence-electron chi connectivity index (χ1n) is 8.32. The van der Waals surface area contributed by atoms with E-state index in [0.717, 1.165) is 58.0 Å². The lowest BCUT2D eigenvalue weighted by molar-refractivity contribution is 0.201. The Balaban J connectivity index is 1.98. The summed E-state index contributed by atoms with van der Waals surface area (Å²) in [5.74, 6) is 0.464. The molecule has 1 saturated heterocycles. The Hall–Kier alpha value is -0.130. The van der Waals surface area contributed by atoms with E-state index in [-0.39, 0.29) is 5.25 Å². The molecule has 2 fully saturated rings. The summed E-state index contributed by atoms with van der Waals surface area (Å²) in [7, 11) is -3.04. The van der Waals surface area contributed by atoms with Gasteiger partial charge in [-0.3, -0.25) is 0 Å². The first kappa shape index (κ1) is 16.2. The molecule has 1 saturated carbocycles. The van der Waals surface area contributed by atoms with Crippen molar-refractivity contribution in [3.63, 3.8) is 0 Å². The monoisotopic (exact) mass is 302 g/mol. The van der Waals surface area contributed by atoms with Crippen molar-refractivity contribution in [2.24, 2.45) is 5.92 Å². The SMILES string of the molecule is CCCNC1CCN(S(=O)(=O)C2CCCC2)CC1CC. The maximum absolute atomic E-state index is 12.7. The summed E-state index contributed by atoms with van der Waals surface area (Å²) in [4.78, 5) is 0. The number of nitrogens with zero attached hydrogens (tertiary/aromatic N) is 1. The molecule has 0 radical (unpaired) electrons. The fraction of sp³-hybridized carbons (Fsp3) is 1.00. The maximum Gasteiger partial charge on any atom is 0.216 e. The van der Waals surface area contributed by atoms with Gasteiger partial charge in [0.1, 0.15) is 0 Å². The van der Waals surface area contributed by atoms with E-state index in [1.807, 2.05) is 0 Å². The minimum absolute atomic E-state index is 0.0971. The van der Waals surface area contributed by atoms with Gasteiger partial charge in [-0.25, -0.2) is 12.7 Å². The maximum atomic E-state index is 12.7. The fourth-order valence-electron chi connectivity index (χ4n) is 3.64. The third-order valence-electron chi connectivity index (χ3n) is 4.96. The predicted octanol–water partition coefficient (Wildman–Crippen LogP) is 2.36. The second kappa shape index (κ2) is 7.23. The molecule has 1 N–H and O–H groups in total. The van der Waals surface area contributed by atoms with E-state index in [1.165, 1.54) is 0 Å². The molecule has 4 nitrogen and oxygen atoms in total. The number of rotatable bonds is 6. The summed E-state index contributed by atoms with van der Waals surface area (Å²) < 4.78 is 27.1. The molecule has 0 aromatic carbocycles. The molecule has 1 aliphatic carbocycles. The third-order valence-corrected chi connectivity index (χ3v) is 7.33. The van der Waals surface area contributed by atoms with Crippen LogP contribution in [0.5, 0.6) is 0 Å². The van der Waals surface area contributed by atoms with Crippen LogP contribution in [0, 0.1) is 5.92 Å². The summed E-state index contributed by atoms with van der Waals surface area (Å²) in [5.41, 5.74) is 0. The summed E-state index contributed by atoms with van der Waals surface area (Å²) in [6, 6.07) is 0.495. The second-order valence-electron chi connectivity index (χ2n) is 6.33. The van der Waals surface area contributed by atoms with Gasteiger partial charge in [-0.1, -0.05) is 33.1 Å². The summed E-state index contributed by atoms with van der Waals surface area (Å²) in [6.07, 6.45) is 7.05. The zero-order valence-corrected chi connectivity index (χ0v) is 13.8. The highest BCUT2D eigenvalue weighted by Crippen LogP contribution is 2.30. The van der Waals surface area contributed by atoms with Gasteiger partial charge < -0.3 is 5.32 Å². The first-order chi connectivity index (χ1) is 9.59. The van der Waals surface area contributed by atoms with E-state index in [4.69, 9.17) is 0 Å². The summed E-state index contributed by atoms with van der Waals surface area (Å²) in [5, 5.41) is 3.50. The predicted molar refractivity (Wildman–Crippen MR) is 83.2 cm³/mol. The molecule has 0 aromatic heterocycles. The Morgan fingerprint density at radius 1 is 1.15 bits per heavy atom. The van der Waals surface area contributed by atoms with E-state index in [1.54, 1.807) is 4.31 Å². The molecule has 2 atom stereocenters. The standard InChI is InChI=1S/C15H30N2O2S/c1-3-10-16-15-9-11-17(12-13(15)4-2)20(18,19)14-7-5-6-8-14/h13-16H,3-12H2,1-2H3. The topological polar surface area (TPSA) is 49.4 Å². The van der Waals surface area contributed by atoms with E-state index >= 15 is 0 Å². The lowest BCUT2D eigenvalue weighted by atomic mass is 9.91. The van der Waals surface area contributed by atoms with Crippen LogP contribution in [0.25, 0.3) is 0 Å². The fourth-order valence-corrected chi connectivity index (χ4v) is 5.75. The number of sulfonamides is 1.